The van der Waals surface area contributed by atoms with E-state index in [2.05, 4.69) is 17.6 Å². The van der Waals surface area contributed by atoms with Gasteiger partial charge in [0, 0.05) is 6.07 Å². The van der Waals surface area contributed by atoms with Gasteiger partial charge in [-0.1, -0.05) is 18.5 Å². The number of benzene rings is 1. The van der Waals surface area contributed by atoms with Crippen molar-refractivity contribution in [1.82, 2.24) is 5.32 Å². The minimum Gasteiger partial charge on any atom is -0.495 e. The first-order valence-corrected chi connectivity index (χ1v) is 7.38. The lowest BCUT2D eigenvalue weighted by molar-refractivity contribution is -0.119. The summed E-state index contributed by atoms with van der Waals surface area (Å²) in [6.45, 7) is 3.02. The second-order valence-electron chi connectivity index (χ2n) is 5.31. The van der Waals surface area contributed by atoms with E-state index in [9.17, 15) is 4.79 Å². The molecule has 0 spiro atoms. The van der Waals surface area contributed by atoms with E-state index in [1.807, 2.05) is 0 Å². The largest absolute Gasteiger partial charge is 0.495 e. The van der Waals surface area contributed by atoms with Crippen LogP contribution in [0, 0.1) is 5.92 Å². The highest BCUT2D eigenvalue weighted by Crippen LogP contribution is 2.36. The molecule has 2 rings (SSSR count). The van der Waals surface area contributed by atoms with Crippen LogP contribution in [0.15, 0.2) is 12.1 Å². The van der Waals surface area contributed by atoms with Gasteiger partial charge in [0.1, 0.15) is 11.5 Å². The number of hydrogen-bond acceptors (Lipinski definition) is 4. The number of halogens is 1. The Morgan fingerprint density at radius 3 is 2.67 bits per heavy atom. The third kappa shape index (κ3) is 3.80. The highest BCUT2D eigenvalue weighted by molar-refractivity contribution is 6.32. The number of methoxy groups -OCH3 is 2. The fourth-order valence-corrected chi connectivity index (χ4v) is 2.73. The van der Waals surface area contributed by atoms with Gasteiger partial charge < -0.3 is 20.1 Å². The molecule has 1 aliphatic heterocycles. The van der Waals surface area contributed by atoms with Gasteiger partial charge in [-0.05, 0) is 31.4 Å². The number of carbonyl (C=O) groups excluding carboxylic acids is 1. The normalized spacial score (nSPS) is 21.7. The monoisotopic (exact) mass is 312 g/mol. The van der Waals surface area contributed by atoms with Crippen molar-refractivity contribution in [2.75, 3.05) is 26.1 Å². The highest BCUT2D eigenvalue weighted by atomic mass is 35.5. The summed E-state index contributed by atoms with van der Waals surface area (Å²) in [7, 11) is 3.07. The number of carbonyl (C=O) groups is 1. The SMILES string of the molecule is COc1cc(OC)c(NC(=O)C2CC(C)CCN2)cc1Cl. The lowest BCUT2D eigenvalue weighted by Crippen LogP contribution is -2.45. The van der Waals surface area contributed by atoms with Crippen molar-refractivity contribution in [3.8, 4) is 11.5 Å². The fraction of sp³-hybridized carbons (Fsp3) is 0.533. The number of amides is 1. The molecule has 1 saturated heterocycles. The van der Waals surface area contributed by atoms with Crippen LogP contribution in [-0.4, -0.2) is 32.7 Å². The standard InChI is InChI=1S/C15H21ClN2O3/c1-9-4-5-17-12(6-9)15(19)18-11-7-10(16)13(20-2)8-14(11)21-3/h7-9,12,17H,4-6H2,1-3H3,(H,18,19). The van der Waals surface area contributed by atoms with Crippen LogP contribution in [0.1, 0.15) is 19.8 Å². The first-order valence-electron chi connectivity index (χ1n) is 7.01. The highest BCUT2D eigenvalue weighted by Gasteiger charge is 2.25. The molecule has 0 aliphatic carbocycles. The molecular weight excluding hydrogens is 292 g/mol. The van der Waals surface area contributed by atoms with Crippen LogP contribution in [0.2, 0.25) is 5.02 Å². The number of nitrogens with one attached hydrogen (secondary N) is 2. The van der Waals surface area contributed by atoms with E-state index in [1.165, 1.54) is 7.11 Å². The number of piperidine rings is 1. The van der Waals surface area contributed by atoms with Crippen LogP contribution in [0.4, 0.5) is 5.69 Å². The number of ether oxygens (including phenoxy) is 2. The molecule has 0 saturated carbocycles. The van der Waals surface area contributed by atoms with Gasteiger partial charge in [0.25, 0.3) is 0 Å². The quantitative estimate of drug-likeness (QED) is 0.897. The number of rotatable bonds is 4. The number of anilines is 1. The summed E-state index contributed by atoms with van der Waals surface area (Å²) >= 11 is 6.10. The topological polar surface area (TPSA) is 59.6 Å². The van der Waals surface area contributed by atoms with E-state index in [4.69, 9.17) is 21.1 Å². The predicted octanol–water partition coefficient (Wildman–Crippen LogP) is 2.68. The van der Waals surface area contributed by atoms with Gasteiger partial charge in [0.05, 0.1) is 31.0 Å². The molecule has 1 amide bonds. The summed E-state index contributed by atoms with van der Waals surface area (Å²) in [5.74, 6) is 1.51. The second kappa shape index (κ2) is 7.00. The van der Waals surface area contributed by atoms with Crippen LogP contribution in [0.25, 0.3) is 0 Å². The van der Waals surface area contributed by atoms with Crippen molar-refractivity contribution in [2.24, 2.45) is 5.92 Å². The molecule has 21 heavy (non-hydrogen) atoms. The van der Waals surface area contributed by atoms with Crippen molar-refractivity contribution in [2.45, 2.75) is 25.8 Å². The van der Waals surface area contributed by atoms with E-state index in [1.54, 1.807) is 19.2 Å². The second-order valence-corrected chi connectivity index (χ2v) is 5.72. The zero-order valence-corrected chi connectivity index (χ0v) is 13.3. The Morgan fingerprint density at radius 1 is 1.33 bits per heavy atom. The van der Waals surface area contributed by atoms with E-state index in [-0.39, 0.29) is 11.9 Å². The summed E-state index contributed by atoms with van der Waals surface area (Å²) in [5.41, 5.74) is 0.549. The van der Waals surface area contributed by atoms with Crippen LogP contribution in [0.3, 0.4) is 0 Å². The summed E-state index contributed by atoms with van der Waals surface area (Å²) < 4.78 is 10.4. The number of hydrogen-bond donors (Lipinski definition) is 2. The molecule has 6 heteroatoms. The summed E-state index contributed by atoms with van der Waals surface area (Å²) in [5, 5.41) is 6.54. The van der Waals surface area contributed by atoms with Crippen LogP contribution >= 0.6 is 11.6 Å². The molecule has 5 nitrogen and oxygen atoms in total. The molecule has 2 atom stereocenters. The molecule has 0 bridgehead atoms. The van der Waals surface area contributed by atoms with Crippen LogP contribution in [0.5, 0.6) is 11.5 Å². The first-order chi connectivity index (χ1) is 10.0. The average Bonchev–Trinajstić information content (AvgIpc) is 2.47. The van der Waals surface area contributed by atoms with Gasteiger partial charge in [0.15, 0.2) is 0 Å². The van der Waals surface area contributed by atoms with Crippen molar-refractivity contribution in [1.29, 1.82) is 0 Å². The molecular formula is C15H21ClN2O3. The van der Waals surface area contributed by atoms with Crippen LogP contribution < -0.4 is 20.1 Å². The van der Waals surface area contributed by atoms with Crippen molar-refractivity contribution in [3.05, 3.63) is 17.2 Å². The van der Waals surface area contributed by atoms with Crippen molar-refractivity contribution >= 4 is 23.2 Å². The maximum absolute atomic E-state index is 12.3. The van der Waals surface area contributed by atoms with Crippen LogP contribution in [-0.2, 0) is 4.79 Å². The zero-order chi connectivity index (χ0) is 15.4. The third-order valence-corrected chi connectivity index (χ3v) is 4.01. The Bertz CT molecular complexity index is 522. The minimum atomic E-state index is -0.181. The fourth-order valence-electron chi connectivity index (χ4n) is 2.48. The molecule has 1 heterocycles. The van der Waals surface area contributed by atoms with Gasteiger partial charge in [0.2, 0.25) is 5.91 Å². The van der Waals surface area contributed by atoms with Gasteiger partial charge in [-0.25, -0.2) is 0 Å². The third-order valence-electron chi connectivity index (χ3n) is 3.71. The average molecular weight is 313 g/mol. The zero-order valence-electron chi connectivity index (χ0n) is 12.5. The van der Waals surface area contributed by atoms with Gasteiger partial charge >= 0.3 is 0 Å². The maximum atomic E-state index is 12.3. The predicted molar refractivity (Wildman–Crippen MR) is 83.4 cm³/mol. The van der Waals surface area contributed by atoms with Crippen molar-refractivity contribution < 1.29 is 14.3 Å². The first kappa shape index (κ1) is 15.9. The van der Waals surface area contributed by atoms with Gasteiger partial charge in [-0.15, -0.1) is 0 Å². The van der Waals surface area contributed by atoms with E-state index >= 15 is 0 Å². The molecule has 2 unspecified atom stereocenters. The lowest BCUT2D eigenvalue weighted by Gasteiger charge is -2.27. The molecule has 0 aromatic heterocycles. The summed E-state index contributed by atoms with van der Waals surface area (Å²) in [4.78, 5) is 12.3. The molecule has 116 valence electrons. The minimum absolute atomic E-state index is 0.0684. The molecule has 1 aliphatic rings. The lowest BCUT2D eigenvalue weighted by atomic mass is 9.94. The Balaban J connectivity index is 2.14. The Morgan fingerprint density at radius 2 is 2.05 bits per heavy atom. The van der Waals surface area contributed by atoms with E-state index in [0.717, 1.165) is 19.4 Å². The summed E-state index contributed by atoms with van der Waals surface area (Å²) in [6.07, 6.45) is 1.93. The molecule has 1 aromatic carbocycles. The maximum Gasteiger partial charge on any atom is 0.241 e. The van der Waals surface area contributed by atoms with Crippen molar-refractivity contribution in [3.63, 3.8) is 0 Å². The van der Waals surface area contributed by atoms with Gasteiger partial charge in [-0.2, -0.15) is 0 Å². The molecule has 1 aromatic rings. The molecule has 2 N–H and O–H groups in total. The Labute approximate surface area is 130 Å². The van der Waals surface area contributed by atoms with E-state index < -0.39 is 0 Å². The smallest absolute Gasteiger partial charge is 0.241 e. The Kier molecular flexibility index (Phi) is 5.31. The molecule has 0 radical (unpaired) electrons. The van der Waals surface area contributed by atoms with Gasteiger partial charge in [-0.3, -0.25) is 4.79 Å². The Hall–Kier alpha value is -1.46. The summed E-state index contributed by atoms with van der Waals surface area (Å²) in [6, 6.07) is 3.12. The molecule has 1 fully saturated rings. The van der Waals surface area contributed by atoms with E-state index in [0.29, 0.717) is 28.1 Å².